The molecule has 7 rings (SSSR count). The maximum atomic E-state index is 6.38. The molecular formula is C33H32BNO2. The van der Waals surface area contributed by atoms with Crippen molar-refractivity contribution in [1.82, 2.24) is 4.57 Å². The number of hydrogen-bond donors (Lipinski definition) is 0. The van der Waals surface area contributed by atoms with Gasteiger partial charge in [0.05, 0.1) is 22.2 Å². The molecule has 4 heteroatoms. The van der Waals surface area contributed by atoms with Crippen LogP contribution in [-0.2, 0) is 14.7 Å². The molecule has 1 aliphatic heterocycles. The Morgan fingerprint density at radius 2 is 1.11 bits per heavy atom. The average Bonchev–Trinajstić information content (AvgIpc) is 3.41. The fourth-order valence-corrected chi connectivity index (χ4v) is 6.21. The van der Waals surface area contributed by atoms with Gasteiger partial charge >= 0.3 is 7.12 Å². The Balaban J connectivity index is 1.35. The van der Waals surface area contributed by atoms with E-state index < -0.39 is 0 Å². The van der Waals surface area contributed by atoms with Gasteiger partial charge in [-0.1, -0.05) is 74.5 Å². The van der Waals surface area contributed by atoms with Gasteiger partial charge in [0, 0.05) is 21.9 Å². The van der Waals surface area contributed by atoms with E-state index >= 15 is 0 Å². The number of benzene rings is 4. The summed E-state index contributed by atoms with van der Waals surface area (Å²) in [6, 6.07) is 31.1. The summed E-state index contributed by atoms with van der Waals surface area (Å²) in [5, 5.41) is 2.57. The Morgan fingerprint density at radius 1 is 0.595 bits per heavy atom. The van der Waals surface area contributed by atoms with Gasteiger partial charge in [0.15, 0.2) is 0 Å². The molecule has 0 saturated carbocycles. The van der Waals surface area contributed by atoms with Crippen LogP contribution < -0.4 is 5.46 Å². The molecule has 1 saturated heterocycles. The van der Waals surface area contributed by atoms with E-state index in [2.05, 4.69) is 131 Å². The molecule has 1 aromatic heterocycles. The first-order chi connectivity index (χ1) is 17.6. The van der Waals surface area contributed by atoms with E-state index in [0.29, 0.717) is 0 Å². The number of rotatable bonds is 2. The van der Waals surface area contributed by atoms with Gasteiger partial charge in [-0.3, -0.25) is 0 Å². The highest BCUT2D eigenvalue weighted by molar-refractivity contribution is 6.62. The van der Waals surface area contributed by atoms with Crippen LogP contribution >= 0.6 is 0 Å². The van der Waals surface area contributed by atoms with Crippen molar-refractivity contribution in [1.29, 1.82) is 0 Å². The molecule has 4 aromatic carbocycles. The first-order valence-electron chi connectivity index (χ1n) is 13.2. The maximum Gasteiger partial charge on any atom is 0.494 e. The molecule has 37 heavy (non-hydrogen) atoms. The first-order valence-corrected chi connectivity index (χ1v) is 13.2. The Kier molecular flexibility index (Phi) is 4.55. The van der Waals surface area contributed by atoms with Gasteiger partial charge in [0.1, 0.15) is 0 Å². The molecule has 1 fully saturated rings. The van der Waals surface area contributed by atoms with Gasteiger partial charge in [-0.2, -0.15) is 0 Å². The number of fused-ring (bicyclic) bond motifs is 6. The van der Waals surface area contributed by atoms with Crippen LogP contribution in [0, 0.1) is 0 Å². The molecule has 0 bridgehead atoms. The summed E-state index contributed by atoms with van der Waals surface area (Å²) in [6.45, 7) is 13.1. The van der Waals surface area contributed by atoms with Gasteiger partial charge in [-0.05, 0) is 79.7 Å². The van der Waals surface area contributed by atoms with E-state index in [1.54, 1.807) is 0 Å². The highest BCUT2D eigenvalue weighted by Crippen LogP contribution is 2.49. The van der Waals surface area contributed by atoms with Crippen LogP contribution in [0.15, 0.2) is 84.9 Å². The zero-order valence-corrected chi connectivity index (χ0v) is 22.4. The number of hydrogen-bond acceptors (Lipinski definition) is 2. The van der Waals surface area contributed by atoms with Crippen LogP contribution in [0.2, 0.25) is 0 Å². The van der Waals surface area contributed by atoms with Gasteiger partial charge in [0.25, 0.3) is 0 Å². The molecule has 5 aromatic rings. The monoisotopic (exact) mass is 485 g/mol. The van der Waals surface area contributed by atoms with Crippen LogP contribution in [-0.4, -0.2) is 22.9 Å². The second kappa shape index (κ2) is 7.37. The van der Waals surface area contributed by atoms with Crippen molar-refractivity contribution in [2.24, 2.45) is 0 Å². The lowest BCUT2D eigenvalue weighted by molar-refractivity contribution is 0.00578. The zero-order chi connectivity index (χ0) is 25.7. The summed E-state index contributed by atoms with van der Waals surface area (Å²) in [7, 11) is -0.358. The van der Waals surface area contributed by atoms with Crippen LogP contribution in [0.25, 0.3) is 38.6 Å². The fourth-order valence-electron chi connectivity index (χ4n) is 6.21. The Bertz CT molecular complexity index is 1660. The topological polar surface area (TPSA) is 23.4 Å². The van der Waals surface area contributed by atoms with Crippen molar-refractivity contribution in [2.75, 3.05) is 0 Å². The predicted octanol–water partition coefficient (Wildman–Crippen LogP) is 7.39. The van der Waals surface area contributed by atoms with E-state index in [-0.39, 0.29) is 23.7 Å². The summed E-state index contributed by atoms with van der Waals surface area (Å²) >= 11 is 0. The number of para-hydroxylation sites is 2. The lowest BCUT2D eigenvalue weighted by Gasteiger charge is -2.32. The molecule has 3 nitrogen and oxygen atoms in total. The third-order valence-corrected chi connectivity index (χ3v) is 9.05. The van der Waals surface area contributed by atoms with Crippen molar-refractivity contribution in [3.63, 3.8) is 0 Å². The van der Waals surface area contributed by atoms with E-state index in [9.17, 15) is 0 Å². The molecule has 2 heterocycles. The molecular weight excluding hydrogens is 453 g/mol. The average molecular weight is 485 g/mol. The van der Waals surface area contributed by atoms with E-state index in [0.717, 1.165) is 5.46 Å². The van der Waals surface area contributed by atoms with E-state index in [4.69, 9.17) is 9.31 Å². The number of nitrogens with zero attached hydrogens (tertiary/aromatic N) is 1. The molecule has 0 unspecified atom stereocenters. The van der Waals surface area contributed by atoms with Crippen LogP contribution in [0.1, 0.15) is 52.7 Å². The molecule has 0 atom stereocenters. The van der Waals surface area contributed by atoms with Crippen LogP contribution in [0.3, 0.4) is 0 Å². The molecule has 0 amide bonds. The standard InChI is InChI=1S/C33H32BNO2/c1-31(2)27-19-21(34-36-32(3,4)33(5,6)37-34)15-17-23(27)24-18-16-22(20-28(24)31)35-29-13-9-7-11-25(29)26-12-8-10-14-30(26)35/h7-20H,1-6H3. The van der Waals surface area contributed by atoms with Crippen LogP contribution in [0.4, 0.5) is 0 Å². The third-order valence-electron chi connectivity index (χ3n) is 9.05. The van der Waals surface area contributed by atoms with Gasteiger partial charge < -0.3 is 13.9 Å². The first kappa shape index (κ1) is 22.8. The minimum Gasteiger partial charge on any atom is -0.399 e. The summed E-state index contributed by atoms with van der Waals surface area (Å²) in [5.41, 5.74) is 9.20. The van der Waals surface area contributed by atoms with Crippen molar-refractivity contribution >= 4 is 34.4 Å². The summed E-state index contributed by atoms with van der Waals surface area (Å²) in [5.74, 6) is 0. The fraction of sp³-hybridized carbons (Fsp3) is 0.273. The van der Waals surface area contributed by atoms with Gasteiger partial charge in [-0.15, -0.1) is 0 Å². The maximum absolute atomic E-state index is 6.38. The molecule has 0 radical (unpaired) electrons. The van der Waals surface area contributed by atoms with Crippen molar-refractivity contribution in [3.05, 3.63) is 96.1 Å². The zero-order valence-electron chi connectivity index (χ0n) is 22.4. The second-order valence-electron chi connectivity index (χ2n) is 12.1. The molecule has 184 valence electrons. The van der Waals surface area contributed by atoms with Crippen molar-refractivity contribution in [3.8, 4) is 16.8 Å². The molecule has 1 aliphatic carbocycles. The predicted molar refractivity (Wildman–Crippen MR) is 154 cm³/mol. The SMILES string of the molecule is CC1(C)c2cc(B3OC(C)(C)C(C)(C)O3)ccc2-c2ccc(-n3c4ccccc4c4ccccc43)cc21. The minimum absolute atomic E-state index is 0.140. The summed E-state index contributed by atoms with van der Waals surface area (Å²) in [4.78, 5) is 0. The van der Waals surface area contributed by atoms with Crippen LogP contribution in [0.5, 0.6) is 0 Å². The minimum atomic E-state index is -0.358. The smallest absolute Gasteiger partial charge is 0.399 e. The van der Waals surface area contributed by atoms with Gasteiger partial charge in [0.2, 0.25) is 0 Å². The van der Waals surface area contributed by atoms with E-state index in [1.165, 1.54) is 49.7 Å². The molecule has 2 aliphatic rings. The van der Waals surface area contributed by atoms with Gasteiger partial charge in [-0.25, -0.2) is 0 Å². The highest BCUT2D eigenvalue weighted by atomic mass is 16.7. The largest absolute Gasteiger partial charge is 0.494 e. The third kappa shape index (κ3) is 3.09. The molecule has 0 N–H and O–H groups in total. The van der Waals surface area contributed by atoms with Crippen molar-refractivity contribution < 1.29 is 9.31 Å². The normalized spacial score (nSPS) is 18.9. The Hall–Kier alpha value is -3.34. The van der Waals surface area contributed by atoms with E-state index in [1.807, 2.05) is 0 Å². The Morgan fingerprint density at radius 3 is 1.70 bits per heavy atom. The quantitative estimate of drug-likeness (QED) is 0.244. The Labute approximate surface area is 219 Å². The highest BCUT2D eigenvalue weighted by Gasteiger charge is 2.52. The summed E-state index contributed by atoms with van der Waals surface area (Å²) in [6.07, 6.45) is 0. The lowest BCUT2D eigenvalue weighted by atomic mass is 9.74. The lowest BCUT2D eigenvalue weighted by Crippen LogP contribution is -2.41. The molecule has 0 spiro atoms. The second-order valence-corrected chi connectivity index (χ2v) is 12.1. The number of aromatic nitrogens is 1. The summed E-state index contributed by atoms with van der Waals surface area (Å²) < 4.78 is 15.2. The van der Waals surface area contributed by atoms with Crippen molar-refractivity contribution in [2.45, 2.75) is 58.2 Å².